The van der Waals surface area contributed by atoms with Crippen LogP contribution in [0.4, 0.5) is 0 Å². The van der Waals surface area contributed by atoms with Crippen LogP contribution in [0.25, 0.3) is 6.08 Å². The molecule has 1 spiro atoms. The van der Waals surface area contributed by atoms with Gasteiger partial charge < -0.3 is 9.64 Å². The summed E-state index contributed by atoms with van der Waals surface area (Å²) in [6.45, 7) is 1.55. The topological polar surface area (TPSA) is 29.5 Å². The molecule has 2 aromatic rings. The maximum Gasteiger partial charge on any atom is 0.246 e. The molecule has 0 unspecified atom stereocenters. The third-order valence-electron chi connectivity index (χ3n) is 5.07. The molecule has 2 aliphatic heterocycles. The average Bonchev–Trinajstić information content (AvgIpc) is 3.14. The number of benzene rings is 1. The summed E-state index contributed by atoms with van der Waals surface area (Å²) < 4.78 is 6.35. The Kier molecular flexibility index (Phi) is 4.15. The van der Waals surface area contributed by atoms with Crippen LogP contribution in [-0.2, 0) is 11.2 Å². The second-order valence-corrected chi connectivity index (χ2v) is 7.55. The van der Waals surface area contributed by atoms with E-state index >= 15 is 0 Å². The summed E-state index contributed by atoms with van der Waals surface area (Å²) in [4.78, 5) is 15.4. The van der Waals surface area contributed by atoms with Crippen molar-refractivity contribution >= 4 is 23.3 Å². The monoisotopic (exact) mass is 339 g/mol. The van der Waals surface area contributed by atoms with Crippen LogP contribution in [-0.4, -0.2) is 29.5 Å². The van der Waals surface area contributed by atoms with Crippen LogP contribution in [0.1, 0.15) is 29.7 Å². The molecule has 124 valence electrons. The van der Waals surface area contributed by atoms with Gasteiger partial charge in [0.2, 0.25) is 5.91 Å². The Hall–Kier alpha value is -2.07. The maximum absolute atomic E-state index is 12.4. The van der Waals surface area contributed by atoms with E-state index in [1.54, 1.807) is 17.4 Å². The van der Waals surface area contributed by atoms with Gasteiger partial charge in [0.05, 0.1) is 0 Å². The number of thiophene rings is 1. The average molecular weight is 339 g/mol. The lowest BCUT2D eigenvalue weighted by Crippen LogP contribution is -2.50. The molecule has 1 fully saturated rings. The lowest BCUT2D eigenvalue weighted by Gasteiger charge is -2.44. The number of aryl methyl sites for hydroxylation is 1. The SMILES string of the molecule is O=C(/C=C/c1cccs1)N1CCC2(CCc3ccccc3O2)CC1. The zero-order valence-corrected chi connectivity index (χ0v) is 14.4. The molecule has 0 atom stereocenters. The Morgan fingerprint density at radius 2 is 1.96 bits per heavy atom. The standard InChI is InChI=1S/C20H21NO2S/c22-19(8-7-17-5-3-15-24-17)21-13-11-20(12-14-21)10-9-16-4-1-2-6-18(16)23-20/h1-8,15H,9-14H2/b8-7+. The first-order valence-electron chi connectivity index (χ1n) is 8.52. The highest BCUT2D eigenvalue weighted by molar-refractivity contribution is 7.10. The molecule has 1 saturated heterocycles. The van der Waals surface area contributed by atoms with E-state index in [9.17, 15) is 4.79 Å². The number of rotatable bonds is 2. The van der Waals surface area contributed by atoms with Crippen LogP contribution in [0.3, 0.4) is 0 Å². The first-order valence-corrected chi connectivity index (χ1v) is 9.40. The number of nitrogens with zero attached hydrogens (tertiary/aromatic N) is 1. The Morgan fingerprint density at radius 3 is 2.75 bits per heavy atom. The van der Waals surface area contributed by atoms with Gasteiger partial charge in [-0.15, -0.1) is 11.3 Å². The van der Waals surface area contributed by atoms with Gasteiger partial charge in [0.25, 0.3) is 0 Å². The molecule has 0 bridgehead atoms. The molecule has 0 N–H and O–H groups in total. The minimum Gasteiger partial charge on any atom is -0.487 e. The molecule has 4 heteroatoms. The molecule has 0 saturated carbocycles. The predicted molar refractivity (Wildman–Crippen MR) is 97.3 cm³/mol. The number of hydrogen-bond acceptors (Lipinski definition) is 3. The van der Waals surface area contributed by atoms with Crippen molar-refractivity contribution in [1.29, 1.82) is 0 Å². The molecule has 4 rings (SSSR count). The molecule has 0 radical (unpaired) electrons. The van der Waals surface area contributed by atoms with Crippen molar-refractivity contribution in [1.82, 2.24) is 4.90 Å². The third kappa shape index (κ3) is 3.11. The quantitative estimate of drug-likeness (QED) is 0.769. The van der Waals surface area contributed by atoms with Crippen molar-refractivity contribution in [2.45, 2.75) is 31.3 Å². The van der Waals surface area contributed by atoms with Crippen LogP contribution < -0.4 is 4.74 Å². The summed E-state index contributed by atoms with van der Waals surface area (Å²) >= 11 is 1.65. The molecular formula is C20H21NO2S. The Balaban J connectivity index is 1.38. The zero-order chi connectivity index (χ0) is 16.4. The number of piperidine rings is 1. The lowest BCUT2D eigenvalue weighted by molar-refractivity contribution is -0.129. The van der Waals surface area contributed by atoms with E-state index in [0.717, 1.165) is 49.4 Å². The Morgan fingerprint density at radius 1 is 1.12 bits per heavy atom. The molecule has 1 aromatic carbocycles. The largest absolute Gasteiger partial charge is 0.487 e. The maximum atomic E-state index is 12.4. The van der Waals surface area contributed by atoms with Crippen LogP contribution in [0.2, 0.25) is 0 Å². The fourth-order valence-corrected chi connectivity index (χ4v) is 4.21. The van der Waals surface area contributed by atoms with E-state index in [4.69, 9.17) is 4.74 Å². The minimum atomic E-state index is -0.0808. The zero-order valence-electron chi connectivity index (χ0n) is 13.6. The van der Waals surface area contributed by atoms with Crippen LogP contribution >= 0.6 is 11.3 Å². The molecule has 0 aliphatic carbocycles. The number of carbonyl (C=O) groups is 1. The summed E-state index contributed by atoms with van der Waals surface area (Å²) in [5.74, 6) is 1.13. The van der Waals surface area contributed by atoms with E-state index < -0.39 is 0 Å². The minimum absolute atomic E-state index is 0.0808. The van der Waals surface area contributed by atoms with Crippen molar-refractivity contribution in [2.24, 2.45) is 0 Å². The molecule has 1 aromatic heterocycles. The fraction of sp³-hybridized carbons (Fsp3) is 0.350. The lowest BCUT2D eigenvalue weighted by atomic mass is 9.83. The number of ether oxygens (including phenoxy) is 1. The van der Waals surface area contributed by atoms with Gasteiger partial charge in [-0.1, -0.05) is 24.3 Å². The van der Waals surface area contributed by atoms with E-state index in [1.165, 1.54) is 5.56 Å². The summed E-state index contributed by atoms with van der Waals surface area (Å²) in [6.07, 6.45) is 7.56. The van der Waals surface area contributed by atoms with Gasteiger partial charge in [-0.2, -0.15) is 0 Å². The summed E-state index contributed by atoms with van der Waals surface area (Å²) in [6, 6.07) is 12.3. The van der Waals surface area contributed by atoms with Crippen molar-refractivity contribution in [3.63, 3.8) is 0 Å². The van der Waals surface area contributed by atoms with Gasteiger partial charge in [0, 0.05) is 36.9 Å². The van der Waals surface area contributed by atoms with E-state index in [-0.39, 0.29) is 11.5 Å². The van der Waals surface area contributed by atoms with Crippen LogP contribution in [0.15, 0.2) is 47.9 Å². The molecule has 1 amide bonds. The van der Waals surface area contributed by atoms with Crippen molar-refractivity contribution in [3.05, 3.63) is 58.3 Å². The van der Waals surface area contributed by atoms with E-state index in [0.29, 0.717) is 0 Å². The van der Waals surface area contributed by atoms with Crippen LogP contribution in [0, 0.1) is 0 Å². The van der Waals surface area contributed by atoms with Crippen molar-refractivity contribution in [3.8, 4) is 5.75 Å². The normalized spacial score (nSPS) is 19.2. The van der Waals surface area contributed by atoms with Gasteiger partial charge in [-0.3, -0.25) is 4.79 Å². The number of likely N-dealkylation sites (tertiary alicyclic amines) is 1. The van der Waals surface area contributed by atoms with Gasteiger partial charge >= 0.3 is 0 Å². The highest BCUT2D eigenvalue weighted by Gasteiger charge is 2.39. The summed E-state index contributed by atoms with van der Waals surface area (Å²) in [5, 5.41) is 2.02. The Bertz CT molecular complexity index is 743. The summed E-state index contributed by atoms with van der Waals surface area (Å²) in [5.41, 5.74) is 1.23. The molecule has 3 heterocycles. The first-order chi connectivity index (χ1) is 11.7. The second-order valence-electron chi connectivity index (χ2n) is 6.57. The van der Waals surface area contributed by atoms with Gasteiger partial charge in [-0.25, -0.2) is 0 Å². The first kappa shape index (κ1) is 15.5. The molecule has 2 aliphatic rings. The third-order valence-corrected chi connectivity index (χ3v) is 5.91. The van der Waals surface area contributed by atoms with E-state index in [1.807, 2.05) is 34.6 Å². The molecule has 24 heavy (non-hydrogen) atoms. The smallest absolute Gasteiger partial charge is 0.246 e. The van der Waals surface area contributed by atoms with Gasteiger partial charge in [-0.05, 0) is 42.0 Å². The second kappa shape index (κ2) is 6.44. The number of hydrogen-bond donors (Lipinski definition) is 0. The summed E-state index contributed by atoms with van der Waals surface area (Å²) in [7, 11) is 0. The van der Waals surface area contributed by atoms with Gasteiger partial charge in [0.15, 0.2) is 0 Å². The predicted octanol–water partition coefficient (Wildman–Crippen LogP) is 4.15. The number of para-hydroxylation sites is 1. The number of carbonyl (C=O) groups excluding carboxylic acids is 1. The van der Waals surface area contributed by atoms with Gasteiger partial charge in [0.1, 0.15) is 11.4 Å². The number of fused-ring (bicyclic) bond motifs is 1. The highest BCUT2D eigenvalue weighted by Crippen LogP contribution is 2.39. The Labute approximate surface area is 146 Å². The fourth-order valence-electron chi connectivity index (χ4n) is 3.59. The van der Waals surface area contributed by atoms with E-state index in [2.05, 4.69) is 18.2 Å². The van der Waals surface area contributed by atoms with Crippen molar-refractivity contribution in [2.75, 3.05) is 13.1 Å². The van der Waals surface area contributed by atoms with Crippen LogP contribution in [0.5, 0.6) is 5.75 Å². The molecule has 3 nitrogen and oxygen atoms in total. The van der Waals surface area contributed by atoms with Crippen molar-refractivity contribution < 1.29 is 9.53 Å². The highest BCUT2D eigenvalue weighted by atomic mass is 32.1. The molecular weight excluding hydrogens is 318 g/mol. The number of amides is 1.